The quantitative estimate of drug-likeness (QED) is 0.559. The average Bonchev–Trinajstić information content (AvgIpc) is 3.15. The van der Waals surface area contributed by atoms with Crippen LogP contribution < -0.4 is 5.32 Å². The zero-order valence-corrected chi connectivity index (χ0v) is 16.1. The summed E-state index contributed by atoms with van der Waals surface area (Å²) in [5.74, 6) is 0.703. The van der Waals surface area contributed by atoms with E-state index < -0.39 is 0 Å². The third-order valence-corrected chi connectivity index (χ3v) is 6.37. The Bertz CT molecular complexity index is 1140. The van der Waals surface area contributed by atoms with Crippen LogP contribution in [-0.4, -0.2) is 30.1 Å². The average molecular weight is 364 g/mol. The molecule has 4 aromatic heterocycles. The van der Waals surface area contributed by atoms with Gasteiger partial charge in [0.15, 0.2) is 11.5 Å². The minimum atomic E-state index is -0.0899. The molecule has 0 atom stereocenters. The number of aromatic nitrogens is 5. The molecular formula is C19H20N6S. The number of hydrogen-bond donors (Lipinski definition) is 1. The van der Waals surface area contributed by atoms with Crippen LogP contribution in [0.5, 0.6) is 0 Å². The lowest BCUT2D eigenvalue weighted by Gasteiger charge is -2.42. The van der Waals surface area contributed by atoms with Gasteiger partial charge in [0.2, 0.25) is 0 Å². The lowest BCUT2D eigenvalue weighted by molar-refractivity contribution is 0.248. The second-order valence-electron chi connectivity index (χ2n) is 8.08. The standard InChI is InChI=1S/C19H20N6S/c1-18(2)9-12-13-16-22-15(11-5-7-20-8-6-11)23-25(16)10-21-17(13)26-14(12)19(3,4)24-18/h5-8,10,24H,9H2,1-4H3. The number of nitrogens with zero attached hydrogens (tertiary/aromatic N) is 5. The van der Waals surface area contributed by atoms with Gasteiger partial charge in [-0.3, -0.25) is 4.98 Å². The van der Waals surface area contributed by atoms with Crippen molar-refractivity contribution >= 4 is 27.2 Å². The van der Waals surface area contributed by atoms with Gasteiger partial charge in [0, 0.05) is 33.9 Å². The molecule has 0 saturated carbocycles. The lowest BCUT2D eigenvalue weighted by Crippen LogP contribution is -2.54. The Kier molecular flexibility index (Phi) is 3.10. The Morgan fingerprint density at radius 1 is 1.15 bits per heavy atom. The van der Waals surface area contributed by atoms with Crippen LogP contribution in [0.1, 0.15) is 38.1 Å². The molecule has 0 aliphatic carbocycles. The minimum Gasteiger partial charge on any atom is -0.302 e. The van der Waals surface area contributed by atoms with E-state index in [9.17, 15) is 0 Å². The van der Waals surface area contributed by atoms with E-state index in [1.165, 1.54) is 10.4 Å². The topological polar surface area (TPSA) is 68.0 Å². The Morgan fingerprint density at radius 3 is 2.69 bits per heavy atom. The Balaban J connectivity index is 1.81. The van der Waals surface area contributed by atoms with Gasteiger partial charge in [-0.05, 0) is 51.8 Å². The molecule has 7 heteroatoms. The first-order valence-corrected chi connectivity index (χ1v) is 9.53. The SMILES string of the molecule is CC1(C)Cc2c(sc3ncn4nc(-c5ccncc5)nc4c23)C(C)(C)N1. The smallest absolute Gasteiger partial charge is 0.182 e. The van der Waals surface area contributed by atoms with Crippen molar-refractivity contribution in [1.29, 1.82) is 0 Å². The van der Waals surface area contributed by atoms with Crippen LogP contribution in [0.25, 0.3) is 27.3 Å². The molecule has 1 aliphatic rings. The molecule has 0 aromatic carbocycles. The molecule has 0 radical (unpaired) electrons. The molecule has 0 bridgehead atoms. The summed E-state index contributed by atoms with van der Waals surface area (Å²) in [6.07, 6.45) is 6.24. The summed E-state index contributed by atoms with van der Waals surface area (Å²) in [4.78, 5) is 16.0. The van der Waals surface area contributed by atoms with E-state index in [0.717, 1.165) is 27.8 Å². The first-order chi connectivity index (χ1) is 12.3. The van der Waals surface area contributed by atoms with Gasteiger partial charge in [-0.2, -0.15) is 0 Å². The van der Waals surface area contributed by atoms with Gasteiger partial charge in [0.25, 0.3) is 0 Å². The number of rotatable bonds is 1. The summed E-state index contributed by atoms with van der Waals surface area (Å²) in [7, 11) is 0. The van der Waals surface area contributed by atoms with Crippen molar-refractivity contribution in [3.8, 4) is 11.4 Å². The van der Waals surface area contributed by atoms with Crippen molar-refractivity contribution in [1.82, 2.24) is 29.9 Å². The molecule has 1 N–H and O–H groups in total. The molecular weight excluding hydrogens is 344 g/mol. The number of nitrogens with one attached hydrogen (secondary N) is 1. The minimum absolute atomic E-state index is 0.0191. The first-order valence-electron chi connectivity index (χ1n) is 8.71. The summed E-state index contributed by atoms with van der Waals surface area (Å²) in [5.41, 5.74) is 3.13. The highest BCUT2D eigenvalue weighted by Crippen LogP contribution is 2.44. The summed E-state index contributed by atoms with van der Waals surface area (Å²) >= 11 is 1.76. The molecule has 6 nitrogen and oxygen atoms in total. The van der Waals surface area contributed by atoms with Gasteiger partial charge in [-0.1, -0.05) is 0 Å². The zero-order valence-electron chi connectivity index (χ0n) is 15.2. The van der Waals surface area contributed by atoms with Crippen molar-refractivity contribution < 1.29 is 0 Å². The number of thiophene rings is 1. The Labute approximate surface area is 155 Å². The van der Waals surface area contributed by atoms with E-state index in [-0.39, 0.29) is 11.1 Å². The van der Waals surface area contributed by atoms with Gasteiger partial charge in [0.05, 0.1) is 5.39 Å². The maximum absolute atomic E-state index is 4.86. The molecule has 0 amide bonds. The van der Waals surface area contributed by atoms with Crippen molar-refractivity contribution in [2.75, 3.05) is 0 Å². The van der Waals surface area contributed by atoms with E-state index in [4.69, 9.17) is 4.98 Å². The molecule has 1 aliphatic heterocycles. The number of fused-ring (bicyclic) bond motifs is 5. The third kappa shape index (κ3) is 2.27. The predicted octanol–water partition coefficient (Wildman–Crippen LogP) is 3.56. The maximum atomic E-state index is 4.86. The van der Waals surface area contributed by atoms with Crippen LogP contribution in [0, 0.1) is 0 Å². The number of pyridine rings is 1. The first kappa shape index (κ1) is 15.8. The fourth-order valence-electron chi connectivity index (χ4n) is 4.14. The zero-order chi connectivity index (χ0) is 18.1. The predicted molar refractivity (Wildman–Crippen MR) is 103 cm³/mol. The van der Waals surface area contributed by atoms with Crippen LogP contribution in [-0.2, 0) is 12.0 Å². The van der Waals surface area contributed by atoms with Gasteiger partial charge in [-0.25, -0.2) is 14.5 Å². The van der Waals surface area contributed by atoms with Crippen LogP contribution in [0.2, 0.25) is 0 Å². The van der Waals surface area contributed by atoms with Crippen molar-refractivity contribution in [3.05, 3.63) is 41.3 Å². The monoisotopic (exact) mass is 364 g/mol. The van der Waals surface area contributed by atoms with Gasteiger partial charge in [-0.15, -0.1) is 16.4 Å². The number of hydrogen-bond acceptors (Lipinski definition) is 6. The second-order valence-corrected chi connectivity index (χ2v) is 9.08. The summed E-state index contributed by atoms with van der Waals surface area (Å²) in [6, 6.07) is 3.86. The fourth-order valence-corrected chi connectivity index (χ4v) is 5.35. The van der Waals surface area contributed by atoms with Crippen molar-refractivity contribution in [3.63, 3.8) is 0 Å². The maximum Gasteiger partial charge on any atom is 0.182 e. The largest absolute Gasteiger partial charge is 0.302 e. The van der Waals surface area contributed by atoms with Crippen molar-refractivity contribution in [2.45, 2.75) is 45.2 Å². The summed E-state index contributed by atoms with van der Waals surface area (Å²) < 4.78 is 1.80. The highest BCUT2D eigenvalue weighted by Gasteiger charge is 2.39. The van der Waals surface area contributed by atoms with E-state index in [2.05, 4.69) is 48.1 Å². The normalized spacial score (nSPS) is 18.3. The highest BCUT2D eigenvalue weighted by atomic mass is 32.1. The summed E-state index contributed by atoms with van der Waals surface area (Å²) in [6.45, 7) is 8.99. The Morgan fingerprint density at radius 2 is 1.92 bits per heavy atom. The van der Waals surface area contributed by atoms with Crippen LogP contribution in [0.3, 0.4) is 0 Å². The third-order valence-electron chi connectivity index (χ3n) is 4.90. The van der Waals surface area contributed by atoms with Crippen LogP contribution in [0.4, 0.5) is 0 Å². The molecule has 132 valence electrons. The van der Waals surface area contributed by atoms with Gasteiger partial charge < -0.3 is 5.32 Å². The molecule has 0 unspecified atom stereocenters. The summed E-state index contributed by atoms with van der Waals surface area (Å²) in [5, 5.41) is 9.54. The second kappa shape index (κ2) is 5.08. The van der Waals surface area contributed by atoms with Gasteiger partial charge >= 0.3 is 0 Å². The Hall–Kier alpha value is -2.38. The molecule has 5 rings (SSSR count). The molecule has 0 spiro atoms. The van der Waals surface area contributed by atoms with E-state index >= 15 is 0 Å². The van der Waals surface area contributed by atoms with Crippen LogP contribution >= 0.6 is 11.3 Å². The molecule has 26 heavy (non-hydrogen) atoms. The lowest BCUT2D eigenvalue weighted by atomic mass is 9.82. The molecule has 0 saturated heterocycles. The van der Waals surface area contributed by atoms with Crippen LogP contribution in [0.15, 0.2) is 30.9 Å². The molecule has 4 aromatic rings. The highest BCUT2D eigenvalue weighted by molar-refractivity contribution is 7.19. The van der Waals surface area contributed by atoms with E-state index in [1.54, 1.807) is 34.6 Å². The molecule has 5 heterocycles. The fraction of sp³-hybridized carbons (Fsp3) is 0.368. The molecule has 0 fully saturated rings. The van der Waals surface area contributed by atoms with E-state index in [0.29, 0.717) is 5.82 Å². The van der Waals surface area contributed by atoms with Crippen molar-refractivity contribution in [2.24, 2.45) is 0 Å². The van der Waals surface area contributed by atoms with Gasteiger partial charge in [0.1, 0.15) is 11.2 Å². The van der Waals surface area contributed by atoms with E-state index in [1.807, 2.05) is 12.1 Å².